The van der Waals surface area contributed by atoms with Crippen molar-refractivity contribution in [2.24, 2.45) is 0 Å². The van der Waals surface area contributed by atoms with Crippen LogP contribution in [0.25, 0.3) is 11.1 Å². The van der Waals surface area contributed by atoms with Gasteiger partial charge in [0.25, 0.3) is 0 Å². The lowest BCUT2D eigenvalue weighted by molar-refractivity contribution is 1.61. The van der Waals surface area contributed by atoms with Gasteiger partial charge in [-0.2, -0.15) is 0 Å². The topological polar surface area (TPSA) is 0 Å². The van der Waals surface area contributed by atoms with Gasteiger partial charge in [0.2, 0.25) is 0 Å². The van der Waals surface area contributed by atoms with Crippen molar-refractivity contribution in [2.75, 3.05) is 0 Å². The van der Waals surface area contributed by atoms with Crippen LogP contribution in [0.15, 0.2) is 24.3 Å². The van der Waals surface area contributed by atoms with Crippen LogP contribution in [0.5, 0.6) is 0 Å². The van der Waals surface area contributed by atoms with Crippen molar-refractivity contribution in [3.05, 3.63) is 54.4 Å². The molecule has 0 aliphatic heterocycles. The molecule has 0 atom stereocenters. The Balaban J connectivity index is 2.75. The molecule has 0 bridgehead atoms. The van der Waals surface area contributed by atoms with Crippen LogP contribution >= 0.6 is 69.6 Å². The predicted octanol–water partition coefficient (Wildman–Crippen LogP) is 7.27. The van der Waals surface area contributed by atoms with Crippen LogP contribution < -0.4 is 0 Å². The van der Waals surface area contributed by atoms with Crippen molar-refractivity contribution >= 4 is 69.6 Å². The first-order chi connectivity index (χ1) is 8.41. The summed E-state index contributed by atoms with van der Waals surface area (Å²) >= 11 is 36.1. The van der Waals surface area contributed by atoms with E-state index < -0.39 is 0 Å². The molecule has 0 amide bonds. The monoisotopic (exact) mass is 358 g/mol. The Morgan fingerprint density at radius 3 is 1.89 bits per heavy atom. The highest BCUT2D eigenvalue weighted by atomic mass is 35.5. The van der Waals surface area contributed by atoms with E-state index in [0.717, 1.165) is 0 Å². The molecule has 0 spiro atoms. The lowest BCUT2D eigenvalue weighted by Crippen LogP contribution is -1.86. The van der Waals surface area contributed by atoms with Gasteiger partial charge in [-0.05, 0) is 18.2 Å². The van der Waals surface area contributed by atoms with Crippen LogP contribution in [0.4, 0.5) is 0 Å². The third kappa shape index (κ3) is 2.70. The Hall–Kier alpha value is 0.180. The lowest BCUT2D eigenvalue weighted by atomic mass is 10.1. The van der Waals surface area contributed by atoms with Crippen LogP contribution in [0.1, 0.15) is 0 Å². The zero-order valence-corrected chi connectivity index (χ0v) is 13.1. The van der Waals surface area contributed by atoms with Crippen LogP contribution in [0.3, 0.4) is 0 Å². The molecule has 0 aliphatic carbocycles. The molecule has 0 radical (unpaired) electrons. The molecule has 0 aromatic heterocycles. The maximum atomic E-state index is 6.16. The number of hydrogen-bond donors (Lipinski definition) is 0. The highest BCUT2D eigenvalue weighted by Crippen LogP contribution is 2.45. The summed E-state index contributed by atoms with van der Waals surface area (Å²) in [5, 5.41) is 2.13. The van der Waals surface area contributed by atoms with Gasteiger partial charge in [-0.25, -0.2) is 0 Å². The molecule has 6 heteroatoms. The first-order valence-electron chi connectivity index (χ1n) is 4.70. The second-order valence-electron chi connectivity index (χ2n) is 3.47. The van der Waals surface area contributed by atoms with Crippen molar-refractivity contribution in [3.8, 4) is 11.1 Å². The van der Waals surface area contributed by atoms with Crippen molar-refractivity contribution in [3.63, 3.8) is 0 Å². The first kappa shape index (κ1) is 14.6. The number of hydrogen-bond acceptors (Lipinski definition) is 0. The molecule has 0 saturated carbocycles. The zero-order valence-electron chi connectivity index (χ0n) is 8.58. The standard InChI is InChI=1S/C12H4Cl6/c13-5-1-2-6(7(14)3-5)10-8(15)4-9(16)11(17)12(10)18/h1-4H. The summed E-state index contributed by atoms with van der Waals surface area (Å²) in [6, 6.07) is 6.55. The molecule has 94 valence electrons. The van der Waals surface area contributed by atoms with Crippen LogP contribution in [0, 0.1) is 0 Å². The quantitative estimate of drug-likeness (QED) is 0.370. The molecule has 0 unspecified atom stereocenters. The van der Waals surface area contributed by atoms with Crippen molar-refractivity contribution in [2.45, 2.75) is 0 Å². The number of benzene rings is 2. The van der Waals surface area contributed by atoms with Crippen molar-refractivity contribution in [1.82, 2.24) is 0 Å². The average Bonchev–Trinajstić information content (AvgIpc) is 2.29. The van der Waals surface area contributed by atoms with Gasteiger partial charge < -0.3 is 0 Å². The smallest absolute Gasteiger partial charge is 0.0785 e. The summed E-state index contributed by atoms with van der Waals surface area (Å²) in [6.45, 7) is 0. The molecule has 2 rings (SSSR count). The van der Waals surface area contributed by atoms with Gasteiger partial charge in [-0.15, -0.1) is 0 Å². The molecule has 0 N–H and O–H groups in total. The molecule has 18 heavy (non-hydrogen) atoms. The van der Waals surface area contributed by atoms with E-state index in [-0.39, 0.29) is 10.0 Å². The molecule has 0 saturated heterocycles. The Kier molecular flexibility index (Phi) is 4.59. The fourth-order valence-corrected chi connectivity index (χ4v) is 3.12. The summed E-state index contributed by atoms with van der Waals surface area (Å²) < 4.78 is 0. The lowest BCUT2D eigenvalue weighted by Gasteiger charge is -2.12. The summed E-state index contributed by atoms with van der Waals surface area (Å²) in [5.74, 6) is 0. The van der Waals surface area contributed by atoms with E-state index in [1.54, 1.807) is 18.2 Å². The second-order valence-corrected chi connectivity index (χ2v) is 5.88. The predicted molar refractivity (Wildman–Crippen MR) is 81.9 cm³/mol. The average molecular weight is 361 g/mol. The van der Waals surface area contributed by atoms with E-state index in [0.29, 0.717) is 31.2 Å². The molecule has 0 aliphatic rings. The Morgan fingerprint density at radius 2 is 1.28 bits per heavy atom. The summed E-state index contributed by atoms with van der Waals surface area (Å²) in [5.41, 5.74) is 1.18. The summed E-state index contributed by atoms with van der Waals surface area (Å²) in [4.78, 5) is 0. The maximum Gasteiger partial charge on any atom is 0.0785 e. The molecular weight excluding hydrogens is 357 g/mol. The minimum absolute atomic E-state index is 0.240. The van der Waals surface area contributed by atoms with E-state index in [4.69, 9.17) is 69.6 Å². The van der Waals surface area contributed by atoms with Crippen LogP contribution in [-0.2, 0) is 0 Å². The zero-order chi connectivity index (χ0) is 13.4. The first-order valence-corrected chi connectivity index (χ1v) is 6.97. The third-order valence-corrected chi connectivity index (χ3v) is 4.42. The number of halogens is 6. The maximum absolute atomic E-state index is 6.16. The SMILES string of the molecule is Clc1ccc(-c2c(Cl)cc(Cl)c(Cl)c2Cl)c(Cl)c1. The van der Waals surface area contributed by atoms with E-state index in [2.05, 4.69) is 0 Å². The molecule has 0 fully saturated rings. The Labute approximate surface area is 134 Å². The fraction of sp³-hybridized carbons (Fsp3) is 0. The normalized spacial score (nSPS) is 10.8. The van der Waals surface area contributed by atoms with E-state index in [9.17, 15) is 0 Å². The van der Waals surface area contributed by atoms with Crippen LogP contribution in [-0.4, -0.2) is 0 Å². The van der Waals surface area contributed by atoms with Crippen LogP contribution in [0.2, 0.25) is 30.1 Å². The van der Waals surface area contributed by atoms with Crippen molar-refractivity contribution in [1.29, 1.82) is 0 Å². The van der Waals surface area contributed by atoms with E-state index >= 15 is 0 Å². The molecular formula is C12H4Cl6. The van der Waals surface area contributed by atoms with Gasteiger partial charge in [-0.1, -0.05) is 75.7 Å². The fourth-order valence-electron chi connectivity index (χ4n) is 1.51. The minimum Gasteiger partial charge on any atom is -0.0843 e. The van der Waals surface area contributed by atoms with E-state index in [1.165, 1.54) is 6.07 Å². The van der Waals surface area contributed by atoms with E-state index in [1.807, 2.05) is 0 Å². The van der Waals surface area contributed by atoms with Crippen molar-refractivity contribution < 1.29 is 0 Å². The van der Waals surface area contributed by atoms with Gasteiger partial charge in [0, 0.05) is 21.2 Å². The van der Waals surface area contributed by atoms with Gasteiger partial charge in [0.05, 0.1) is 20.1 Å². The largest absolute Gasteiger partial charge is 0.0843 e. The Morgan fingerprint density at radius 1 is 0.611 bits per heavy atom. The summed E-state index contributed by atoms with van der Waals surface area (Å²) in [7, 11) is 0. The highest BCUT2D eigenvalue weighted by Gasteiger charge is 2.17. The third-order valence-electron chi connectivity index (χ3n) is 2.31. The second kappa shape index (κ2) is 5.66. The molecule has 0 heterocycles. The van der Waals surface area contributed by atoms with Gasteiger partial charge >= 0.3 is 0 Å². The number of rotatable bonds is 1. The van der Waals surface area contributed by atoms with Gasteiger partial charge in [0.1, 0.15) is 0 Å². The van der Waals surface area contributed by atoms with Gasteiger partial charge in [0.15, 0.2) is 0 Å². The summed E-state index contributed by atoms with van der Waals surface area (Å²) in [6.07, 6.45) is 0. The molecule has 2 aromatic rings. The molecule has 0 nitrogen and oxygen atoms in total. The van der Waals surface area contributed by atoms with Gasteiger partial charge in [-0.3, -0.25) is 0 Å². The molecule has 2 aromatic carbocycles. The highest BCUT2D eigenvalue weighted by molar-refractivity contribution is 6.51. The Bertz CT molecular complexity index is 620. The minimum atomic E-state index is 0.240.